The average Bonchev–Trinajstić information content (AvgIpc) is 2.73. The fourth-order valence-corrected chi connectivity index (χ4v) is 3.99. The normalized spacial score (nSPS) is 21.6. The van der Waals surface area contributed by atoms with Gasteiger partial charge >= 0.3 is 0 Å². The third kappa shape index (κ3) is 3.41. The van der Waals surface area contributed by atoms with Crippen LogP contribution in [0.2, 0.25) is 0 Å². The number of rotatable bonds is 3. The van der Waals surface area contributed by atoms with Gasteiger partial charge in [0.25, 0.3) is 0 Å². The quantitative estimate of drug-likeness (QED) is 0.874. The molecule has 2 aromatic rings. The predicted molar refractivity (Wildman–Crippen MR) is 104 cm³/mol. The van der Waals surface area contributed by atoms with Gasteiger partial charge in [-0.3, -0.25) is 4.79 Å². The van der Waals surface area contributed by atoms with E-state index < -0.39 is 0 Å². The van der Waals surface area contributed by atoms with Gasteiger partial charge in [-0.1, -0.05) is 0 Å². The molecule has 0 atom stereocenters. The number of hydrogen-bond donors (Lipinski definition) is 1. The number of methoxy groups -OCH3 is 1. The van der Waals surface area contributed by atoms with Crippen LogP contribution in [0.25, 0.3) is 11.3 Å². The highest BCUT2D eigenvalue weighted by Crippen LogP contribution is 2.34. The van der Waals surface area contributed by atoms with Gasteiger partial charge in [-0.2, -0.15) is 5.26 Å². The van der Waals surface area contributed by atoms with Crippen molar-refractivity contribution in [3.63, 3.8) is 0 Å². The Balaban J connectivity index is 1.68. The lowest BCUT2D eigenvalue weighted by molar-refractivity contribution is -0.115. The summed E-state index contributed by atoms with van der Waals surface area (Å²) in [5.74, 6) is 1.12. The molecule has 1 fully saturated rings. The van der Waals surface area contributed by atoms with Gasteiger partial charge in [0.2, 0.25) is 5.91 Å². The number of nitriles is 1. The first-order chi connectivity index (χ1) is 13.6. The standard InChI is InChI=1S/C20H22N6O2/c1-12-16(8-3-13(9-21)23-12)17-10-22-19-20(24-17)26(11-18(27)25-19)14-4-6-15(28-2)7-5-14/h3,8,10,14-15H,4-7,11H2,1-2H3,(H,22,25,27). The van der Waals surface area contributed by atoms with Crippen molar-refractivity contribution in [3.05, 3.63) is 29.7 Å². The first-order valence-electron chi connectivity index (χ1n) is 9.43. The number of amides is 1. The summed E-state index contributed by atoms with van der Waals surface area (Å²) in [6.45, 7) is 2.13. The van der Waals surface area contributed by atoms with Crippen LogP contribution in [0.4, 0.5) is 11.6 Å². The molecule has 0 unspecified atom stereocenters. The van der Waals surface area contributed by atoms with Crippen LogP contribution < -0.4 is 10.2 Å². The van der Waals surface area contributed by atoms with Crippen molar-refractivity contribution in [2.45, 2.75) is 44.8 Å². The monoisotopic (exact) mass is 378 g/mol. The van der Waals surface area contributed by atoms with Crippen LogP contribution >= 0.6 is 0 Å². The van der Waals surface area contributed by atoms with Crippen molar-refractivity contribution < 1.29 is 9.53 Å². The number of nitrogens with one attached hydrogen (secondary N) is 1. The second kappa shape index (κ2) is 7.52. The van der Waals surface area contributed by atoms with E-state index in [-0.39, 0.29) is 18.5 Å². The molecule has 1 saturated carbocycles. The number of hydrogen-bond acceptors (Lipinski definition) is 7. The molecule has 1 amide bonds. The molecule has 0 bridgehead atoms. The first-order valence-corrected chi connectivity index (χ1v) is 9.43. The van der Waals surface area contributed by atoms with Crippen molar-refractivity contribution in [2.24, 2.45) is 0 Å². The van der Waals surface area contributed by atoms with E-state index in [1.54, 1.807) is 19.4 Å². The molecule has 1 N–H and O–H groups in total. The zero-order chi connectivity index (χ0) is 19.7. The highest BCUT2D eigenvalue weighted by atomic mass is 16.5. The number of carbonyl (C=O) groups is 1. The summed E-state index contributed by atoms with van der Waals surface area (Å²) in [7, 11) is 1.75. The smallest absolute Gasteiger partial charge is 0.245 e. The van der Waals surface area contributed by atoms with Gasteiger partial charge in [-0.05, 0) is 44.7 Å². The molecule has 2 aromatic heterocycles. The zero-order valence-corrected chi connectivity index (χ0v) is 16.0. The molecular formula is C20H22N6O2. The second-order valence-corrected chi connectivity index (χ2v) is 7.21. The fraction of sp³-hybridized carbons (Fsp3) is 0.450. The molecule has 144 valence electrons. The number of ether oxygens (including phenoxy) is 1. The lowest BCUT2D eigenvalue weighted by Crippen LogP contribution is -2.47. The molecule has 0 saturated heterocycles. The summed E-state index contributed by atoms with van der Waals surface area (Å²) < 4.78 is 5.47. The van der Waals surface area contributed by atoms with Crippen molar-refractivity contribution >= 4 is 17.5 Å². The summed E-state index contributed by atoms with van der Waals surface area (Å²) in [6, 6.07) is 5.80. The van der Waals surface area contributed by atoms with Crippen molar-refractivity contribution in [2.75, 3.05) is 23.9 Å². The highest BCUT2D eigenvalue weighted by molar-refractivity contribution is 5.99. The first kappa shape index (κ1) is 18.3. The largest absolute Gasteiger partial charge is 0.381 e. The lowest BCUT2D eigenvalue weighted by atomic mass is 9.91. The SMILES string of the molecule is COC1CCC(N2CC(=O)Nc3ncc(-c4ccc(C#N)nc4C)nc32)CC1. The van der Waals surface area contributed by atoms with Crippen LogP contribution in [0.1, 0.15) is 37.1 Å². The number of pyridine rings is 1. The summed E-state index contributed by atoms with van der Waals surface area (Å²) in [5, 5.41) is 11.8. The minimum Gasteiger partial charge on any atom is -0.381 e. The maximum atomic E-state index is 12.2. The van der Waals surface area contributed by atoms with E-state index in [1.807, 2.05) is 19.1 Å². The van der Waals surface area contributed by atoms with Crippen LogP contribution in [0.5, 0.6) is 0 Å². The predicted octanol–water partition coefficient (Wildman–Crippen LogP) is 2.43. The van der Waals surface area contributed by atoms with E-state index in [4.69, 9.17) is 15.0 Å². The van der Waals surface area contributed by atoms with Crippen LogP contribution in [-0.2, 0) is 9.53 Å². The van der Waals surface area contributed by atoms with Gasteiger partial charge in [0, 0.05) is 24.4 Å². The number of aromatic nitrogens is 3. The van der Waals surface area contributed by atoms with Gasteiger partial charge in [0.05, 0.1) is 24.5 Å². The number of fused-ring (bicyclic) bond motifs is 1. The molecule has 0 spiro atoms. The highest BCUT2D eigenvalue weighted by Gasteiger charge is 2.33. The van der Waals surface area contributed by atoms with E-state index in [9.17, 15) is 4.79 Å². The molecule has 0 aromatic carbocycles. The maximum Gasteiger partial charge on any atom is 0.245 e. The van der Waals surface area contributed by atoms with Gasteiger partial charge in [0.15, 0.2) is 11.6 Å². The summed E-state index contributed by atoms with van der Waals surface area (Å²) >= 11 is 0. The molecule has 3 heterocycles. The lowest BCUT2D eigenvalue weighted by Gasteiger charge is -2.39. The maximum absolute atomic E-state index is 12.2. The van der Waals surface area contributed by atoms with Crippen LogP contribution in [0.3, 0.4) is 0 Å². The minimum absolute atomic E-state index is 0.0698. The molecule has 0 radical (unpaired) electrons. The van der Waals surface area contributed by atoms with Crippen molar-refractivity contribution in [1.29, 1.82) is 5.26 Å². The summed E-state index contributed by atoms with van der Waals surface area (Å²) in [6.07, 6.45) is 5.78. The van der Waals surface area contributed by atoms with Gasteiger partial charge < -0.3 is 15.0 Å². The molecule has 8 nitrogen and oxygen atoms in total. The summed E-state index contributed by atoms with van der Waals surface area (Å²) in [4.78, 5) is 27.8. The van der Waals surface area contributed by atoms with E-state index in [2.05, 4.69) is 20.2 Å². The fourth-order valence-electron chi connectivity index (χ4n) is 3.99. The zero-order valence-electron chi connectivity index (χ0n) is 16.0. The molecule has 2 aliphatic rings. The second-order valence-electron chi connectivity index (χ2n) is 7.21. The van der Waals surface area contributed by atoms with Crippen LogP contribution in [0.15, 0.2) is 18.3 Å². The van der Waals surface area contributed by atoms with Gasteiger partial charge in [-0.25, -0.2) is 15.0 Å². The van der Waals surface area contributed by atoms with E-state index >= 15 is 0 Å². The van der Waals surface area contributed by atoms with Crippen LogP contribution in [0, 0.1) is 18.3 Å². The van der Waals surface area contributed by atoms with Gasteiger partial charge in [-0.15, -0.1) is 0 Å². The van der Waals surface area contributed by atoms with Crippen LogP contribution in [-0.4, -0.2) is 46.7 Å². The molecule has 1 aliphatic heterocycles. The molecule has 8 heteroatoms. The Morgan fingerprint density at radius 2 is 2.04 bits per heavy atom. The van der Waals surface area contributed by atoms with E-state index in [0.29, 0.717) is 29.1 Å². The van der Waals surface area contributed by atoms with Crippen molar-refractivity contribution in [1.82, 2.24) is 15.0 Å². The molecule has 4 rings (SSSR count). The number of anilines is 2. The molecule has 28 heavy (non-hydrogen) atoms. The third-order valence-corrected chi connectivity index (χ3v) is 5.49. The molecular weight excluding hydrogens is 356 g/mol. The topological polar surface area (TPSA) is 104 Å². The number of carbonyl (C=O) groups excluding carboxylic acids is 1. The van der Waals surface area contributed by atoms with Gasteiger partial charge in [0.1, 0.15) is 11.8 Å². The third-order valence-electron chi connectivity index (χ3n) is 5.49. The number of nitrogens with zero attached hydrogens (tertiary/aromatic N) is 5. The average molecular weight is 378 g/mol. The Labute approximate surface area is 163 Å². The number of aryl methyl sites for hydroxylation is 1. The Hall–Kier alpha value is -3.05. The van der Waals surface area contributed by atoms with Crippen molar-refractivity contribution in [3.8, 4) is 17.3 Å². The van der Waals surface area contributed by atoms with E-state index in [0.717, 1.165) is 36.9 Å². The Morgan fingerprint density at radius 3 is 2.71 bits per heavy atom. The Bertz CT molecular complexity index is 946. The minimum atomic E-state index is -0.0698. The Morgan fingerprint density at radius 1 is 1.25 bits per heavy atom. The van der Waals surface area contributed by atoms with E-state index in [1.165, 1.54) is 0 Å². The summed E-state index contributed by atoms with van der Waals surface area (Å²) in [5.41, 5.74) is 2.60. The molecule has 1 aliphatic carbocycles. The Kier molecular flexibility index (Phi) is 4.92.